The third-order valence-corrected chi connectivity index (χ3v) is 2.92. The van der Waals surface area contributed by atoms with Crippen LogP contribution in [0.15, 0.2) is 24.3 Å². The van der Waals surface area contributed by atoms with Crippen molar-refractivity contribution in [3.05, 3.63) is 35.4 Å². The van der Waals surface area contributed by atoms with E-state index in [1.165, 1.54) is 11.1 Å². The largest absolute Gasteiger partial charge is 0.383 e. The van der Waals surface area contributed by atoms with Crippen LogP contribution in [0.4, 0.5) is 0 Å². The Morgan fingerprint density at radius 2 is 1.82 bits per heavy atom. The predicted molar refractivity (Wildman–Crippen MR) is 72.0 cm³/mol. The molecule has 0 saturated carbocycles. The molecule has 0 radical (unpaired) electrons. The second kappa shape index (κ2) is 8.23. The van der Waals surface area contributed by atoms with Gasteiger partial charge >= 0.3 is 0 Å². The van der Waals surface area contributed by atoms with E-state index in [0.717, 1.165) is 32.7 Å². The van der Waals surface area contributed by atoms with Crippen LogP contribution in [0.25, 0.3) is 0 Å². The summed E-state index contributed by atoms with van der Waals surface area (Å²) < 4.78 is 5.11. The monoisotopic (exact) mass is 236 g/mol. The molecule has 96 valence electrons. The number of nitrogens with zero attached hydrogens (tertiary/aromatic N) is 1. The number of hydrogen-bond donors (Lipinski definition) is 1. The van der Waals surface area contributed by atoms with E-state index in [4.69, 9.17) is 10.5 Å². The van der Waals surface area contributed by atoms with Gasteiger partial charge < -0.3 is 10.5 Å². The molecule has 0 aliphatic carbocycles. The van der Waals surface area contributed by atoms with Crippen molar-refractivity contribution in [2.45, 2.75) is 19.9 Å². The van der Waals surface area contributed by atoms with Crippen LogP contribution < -0.4 is 5.73 Å². The molecule has 0 atom stereocenters. The van der Waals surface area contributed by atoms with E-state index >= 15 is 0 Å². The molecular formula is C14H24N2O. The van der Waals surface area contributed by atoms with Crippen LogP contribution in [0.5, 0.6) is 0 Å². The van der Waals surface area contributed by atoms with Gasteiger partial charge in [-0.25, -0.2) is 0 Å². The minimum Gasteiger partial charge on any atom is -0.383 e. The average molecular weight is 236 g/mol. The standard InChI is InChI=1S/C14H24N2O/c1-3-16(10-11-17-2)12-14-6-4-13(5-7-14)8-9-15/h4-7H,3,8-12,15H2,1-2H3. The van der Waals surface area contributed by atoms with Gasteiger partial charge in [-0.2, -0.15) is 0 Å². The Kier molecular flexibility index (Phi) is 6.86. The minimum atomic E-state index is 0.717. The van der Waals surface area contributed by atoms with E-state index in [1.807, 2.05) is 0 Å². The van der Waals surface area contributed by atoms with Gasteiger partial charge in [0, 0.05) is 20.2 Å². The summed E-state index contributed by atoms with van der Waals surface area (Å²) in [5.41, 5.74) is 8.20. The van der Waals surface area contributed by atoms with Gasteiger partial charge in [-0.3, -0.25) is 4.90 Å². The Morgan fingerprint density at radius 3 is 2.35 bits per heavy atom. The SMILES string of the molecule is CCN(CCOC)Cc1ccc(CCN)cc1. The highest BCUT2D eigenvalue weighted by Crippen LogP contribution is 2.07. The lowest BCUT2D eigenvalue weighted by molar-refractivity contribution is 0.147. The number of hydrogen-bond acceptors (Lipinski definition) is 3. The number of nitrogens with two attached hydrogens (primary N) is 1. The first-order valence-electron chi connectivity index (χ1n) is 6.29. The van der Waals surface area contributed by atoms with Gasteiger partial charge in [-0.05, 0) is 30.6 Å². The second-order valence-electron chi connectivity index (χ2n) is 4.22. The molecule has 1 rings (SSSR count). The van der Waals surface area contributed by atoms with E-state index in [2.05, 4.69) is 36.1 Å². The van der Waals surface area contributed by atoms with E-state index < -0.39 is 0 Å². The third-order valence-electron chi connectivity index (χ3n) is 2.92. The van der Waals surface area contributed by atoms with Crippen molar-refractivity contribution in [3.63, 3.8) is 0 Å². The van der Waals surface area contributed by atoms with Gasteiger partial charge in [0.05, 0.1) is 6.61 Å². The Bertz CT molecular complexity index is 298. The molecule has 3 heteroatoms. The zero-order chi connectivity index (χ0) is 12.5. The summed E-state index contributed by atoms with van der Waals surface area (Å²) in [6, 6.07) is 8.74. The molecule has 2 N–H and O–H groups in total. The molecule has 1 aromatic rings. The normalized spacial score (nSPS) is 11.1. The van der Waals surface area contributed by atoms with Crippen LogP contribution in [0, 0.1) is 0 Å². The van der Waals surface area contributed by atoms with Crippen molar-refractivity contribution in [1.29, 1.82) is 0 Å². The third kappa shape index (κ3) is 5.31. The summed E-state index contributed by atoms with van der Waals surface area (Å²) in [7, 11) is 1.75. The highest BCUT2D eigenvalue weighted by atomic mass is 16.5. The summed E-state index contributed by atoms with van der Waals surface area (Å²) in [6.07, 6.45) is 0.960. The first kappa shape index (κ1) is 14.2. The molecule has 0 fully saturated rings. The molecule has 0 spiro atoms. The van der Waals surface area contributed by atoms with Crippen molar-refractivity contribution in [2.75, 3.05) is 33.4 Å². The summed E-state index contributed by atoms with van der Waals surface area (Å²) in [5, 5.41) is 0. The van der Waals surface area contributed by atoms with Crippen molar-refractivity contribution >= 4 is 0 Å². The van der Waals surface area contributed by atoms with Gasteiger partial charge in [0.1, 0.15) is 0 Å². The summed E-state index contributed by atoms with van der Waals surface area (Å²) in [4.78, 5) is 2.38. The summed E-state index contributed by atoms with van der Waals surface area (Å²) in [6.45, 7) is 6.71. The lowest BCUT2D eigenvalue weighted by Crippen LogP contribution is -2.26. The maximum absolute atomic E-state index is 5.53. The molecule has 3 nitrogen and oxygen atoms in total. The van der Waals surface area contributed by atoms with Gasteiger partial charge in [-0.15, -0.1) is 0 Å². The fourth-order valence-electron chi connectivity index (χ4n) is 1.81. The van der Waals surface area contributed by atoms with Crippen LogP contribution in [-0.4, -0.2) is 38.3 Å². The molecule has 1 aromatic carbocycles. The smallest absolute Gasteiger partial charge is 0.0589 e. The summed E-state index contributed by atoms with van der Waals surface area (Å²) >= 11 is 0. The second-order valence-corrected chi connectivity index (χ2v) is 4.22. The van der Waals surface area contributed by atoms with Crippen molar-refractivity contribution in [2.24, 2.45) is 5.73 Å². The maximum Gasteiger partial charge on any atom is 0.0589 e. The molecule has 0 saturated heterocycles. The van der Waals surface area contributed by atoms with Gasteiger partial charge in [0.2, 0.25) is 0 Å². The van der Waals surface area contributed by atoms with Crippen molar-refractivity contribution < 1.29 is 4.74 Å². The molecule has 0 bridgehead atoms. The first-order valence-corrected chi connectivity index (χ1v) is 6.29. The predicted octanol–water partition coefficient (Wildman–Crippen LogP) is 1.66. The molecule has 0 amide bonds. The van der Waals surface area contributed by atoms with Crippen molar-refractivity contribution in [1.82, 2.24) is 4.90 Å². The topological polar surface area (TPSA) is 38.5 Å². The minimum absolute atomic E-state index is 0.717. The molecule has 0 aliphatic rings. The zero-order valence-electron chi connectivity index (χ0n) is 11.0. The van der Waals surface area contributed by atoms with Crippen LogP contribution >= 0.6 is 0 Å². The number of likely N-dealkylation sites (N-methyl/N-ethyl adjacent to an activating group) is 1. The van der Waals surface area contributed by atoms with Gasteiger partial charge in [0.15, 0.2) is 0 Å². The van der Waals surface area contributed by atoms with Gasteiger partial charge in [-0.1, -0.05) is 31.2 Å². The van der Waals surface area contributed by atoms with Gasteiger partial charge in [0.25, 0.3) is 0 Å². The Hall–Kier alpha value is -0.900. The fraction of sp³-hybridized carbons (Fsp3) is 0.571. The van der Waals surface area contributed by atoms with Crippen LogP contribution in [0.2, 0.25) is 0 Å². The Morgan fingerprint density at radius 1 is 1.18 bits per heavy atom. The zero-order valence-corrected chi connectivity index (χ0v) is 11.0. The highest BCUT2D eigenvalue weighted by Gasteiger charge is 2.03. The molecular weight excluding hydrogens is 212 g/mol. The number of methoxy groups -OCH3 is 1. The van der Waals surface area contributed by atoms with Crippen LogP contribution in [-0.2, 0) is 17.7 Å². The van der Waals surface area contributed by atoms with Crippen LogP contribution in [0.1, 0.15) is 18.1 Å². The van der Waals surface area contributed by atoms with Crippen molar-refractivity contribution in [3.8, 4) is 0 Å². The molecule has 0 unspecified atom stereocenters. The quantitative estimate of drug-likeness (QED) is 0.746. The number of benzene rings is 1. The highest BCUT2D eigenvalue weighted by molar-refractivity contribution is 5.22. The molecule has 0 aromatic heterocycles. The average Bonchev–Trinajstić information content (AvgIpc) is 2.37. The Balaban J connectivity index is 2.48. The maximum atomic E-state index is 5.53. The van der Waals surface area contributed by atoms with E-state index in [9.17, 15) is 0 Å². The molecule has 0 heterocycles. The number of rotatable bonds is 8. The lowest BCUT2D eigenvalue weighted by Gasteiger charge is -2.20. The van der Waals surface area contributed by atoms with E-state index in [-0.39, 0.29) is 0 Å². The summed E-state index contributed by atoms with van der Waals surface area (Å²) in [5.74, 6) is 0. The molecule has 17 heavy (non-hydrogen) atoms. The first-order chi connectivity index (χ1) is 8.30. The number of ether oxygens (including phenoxy) is 1. The van der Waals surface area contributed by atoms with E-state index in [1.54, 1.807) is 7.11 Å². The Labute approximate surface area is 105 Å². The van der Waals surface area contributed by atoms with E-state index in [0.29, 0.717) is 6.54 Å². The van der Waals surface area contributed by atoms with Crippen LogP contribution in [0.3, 0.4) is 0 Å². The molecule has 0 aliphatic heterocycles. The fourth-order valence-corrected chi connectivity index (χ4v) is 1.81. The lowest BCUT2D eigenvalue weighted by atomic mass is 10.1.